The van der Waals surface area contributed by atoms with Crippen LogP contribution in [-0.2, 0) is 9.59 Å². The van der Waals surface area contributed by atoms with Crippen molar-refractivity contribution in [2.75, 3.05) is 31.5 Å². The maximum Gasteiger partial charge on any atom is 0.242 e. The number of halogens is 1. The zero-order chi connectivity index (χ0) is 18.8. The molecule has 0 radical (unpaired) electrons. The van der Waals surface area contributed by atoms with Crippen LogP contribution < -0.4 is 5.32 Å². The second kappa shape index (κ2) is 8.19. The van der Waals surface area contributed by atoms with Crippen LogP contribution in [0.25, 0.3) is 0 Å². The van der Waals surface area contributed by atoms with E-state index in [0.29, 0.717) is 16.8 Å². The number of piperazine rings is 1. The maximum absolute atomic E-state index is 13.2. The topological polar surface area (TPSA) is 52.7 Å². The second-order valence-corrected chi connectivity index (χ2v) is 8.56. The predicted octanol–water partition coefficient (Wildman–Crippen LogP) is 3.39. The number of carbonyl (C=O) groups excluding carboxylic acids is 2. The lowest BCUT2D eigenvalue weighted by Gasteiger charge is -2.40. The molecule has 2 saturated carbocycles. The Morgan fingerprint density at radius 2 is 1.74 bits per heavy atom. The monoisotopic (exact) mass is 389 g/mol. The summed E-state index contributed by atoms with van der Waals surface area (Å²) in [6.45, 7) is 3.04. The molecule has 0 spiro atoms. The summed E-state index contributed by atoms with van der Waals surface area (Å²) in [5.74, 6) is 1.05. The number of rotatable bonds is 5. The minimum Gasteiger partial charge on any atom is -0.340 e. The molecule has 1 atom stereocenters. The minimum atomic E-state index is -0.121. The number of hydrogen-bond donors (Lipinski definition) is 1. The quantitative estimate of drug-likeness (QED) is 0.839. The maximum atomic E-state index is 13.2. The number of anilines is 1. The summed E-state index contributed by atoms with van der Waals surface area (Å²) in [5.41, 5.74) is 0.748. The molecule has 6 heteroatoms. The van der Waals surface area contributed by atoms with Gasteiger partial charge < -0.3 is 10.2 Å². The van der Waals surface area contributed by atoms with Crippen LogP contribution in [0.4, 0.5) is 5.69 Å². The Bertz CT molecular complexity index is 692. The number of nitrogens with one attached hydrogen (secondary N) is 1. The fraction of sp³-hybridized carbons (Fsp3) is 0.619. The van der Waals surface area contributed by atoms with E-state index in [4.69, 9.17) is 11.6 Å². The van der Waals surface area contributed by atoms with Crippen molar-refractivity contribution < 1.29 is 9.59 Å². The summed E-state index contributed by atoms with van der Waals surface area (Å²) in [5, 5.41) is 3.70. The molecule has 0 bridgehead atoms. The summed E-state index contributed by atoms with van der Waals surface area (Å²) < 4.78 is 0. The molecule has 146 valence electrons. The standard InChI is InChI=1S/C21H28ClN3O2/c22-17-6-3-7-18(14-17)23-20(26)19(15-4-1-2-5-15)24-10-12-25(13-11-24)21(27)16-8-9-16/h3,6-7,14-16,19H,1-2,4-5,8-13H2,(H,23,26). The first-order valence-electron chi connectivity index (χ1n) is 10.2. The van der Waals surface area contributed by atoms with Gasteiger partial charge in [-0.2, -0.15) is 0 Å². The normalized spacial score (nSPS) is 22.6. The van der Waals surface area contributed by atoms with Crippen molar-refractivity contribution in [1.82, 2.24) is 9.80 Å². The third-order valence-electron chi connectivity index (χ3n) is 6.15. The van der Waals surface area contributed by atoms with Crippen LogP contribution in [-0.4, -0.2) is 53.8 Å². The first-order valence-corrected chi connectivity index (χ1v) is 10.6. The Balaban J connectivity index is 1.43. The summed E-state index contributed by atoms with van der Waals surface area (Å²) in [6, 6.07) is 7.20. The van der Waals surface area contributed by atoms with Crippen LogP contribution in [0.3, 0.4) is 0 Å². The molecular formula is C21H28ClN3O2. The molecule has 1 saturated heterocycles. The molecule has 1 aromatic carbocycles. The van der Waals surface area contributed by atoms with Crippen molar-refractivity contribution in [2.24, 2.45) is 11.8 Å². The lowest BCUT2D eigenvalue weighted by molar-refractivity contribution is -0.135. The van der Waals surface area contributed by atoms with Gasteiger partial charge in [0.25, 0.3) is 0 Å². The van der Waals surface area contributed by atoms with Crippen molar-refractivity contribution >= 4 is 29.1 Å². The molecule has 2 aliphatic carbocycles. The second-order valence-electron chi connectivity index (χ2n) is 8.12. The third-order valence-corrected chi connectivity index (χ3v) is 6.39. The van der Waals surface area contributed by atoms with Gasteiger partial charge in [-0.15, -0.1) is 0 Å². The molecule has 3 fully saturated rings. The van der Waals surface area contributed by atoms with Gasteiger partial charge in [0.05, 0.1) is 6.04 Å². The molecule has 1 unspecified atom stereocenters. The van der Waals surface area contributed by atoms with Gasteiger partial charge in [-0.1, -0.05) is 30.5 Å². The van der Waals surface area contributed by atoms with E-state index in [-0.39, 0.29) is 17.9 Å². The molecule has 5 nitrogen and oxygen atoms in total. The van der Waals surface area contributed by atoms with E-state index in [1.54, 1.807) is 6.07 Å². The molecule has 1 aromatic rings. The van der Waals surface area contributed by atoms with Crippen molar-refractivity contribution in [3.63, 3.8) is 0 Å². The fourth-order valence-corrected chi connectivity index (χ4v) is 4.73. The first-order chi connectivity index (χ1) is 13.1. The summed E-state index contributed by atoms with van der Waals surface area (Å²) in [4.78, 5) is 29.8. The highest BCUT2D eigenvalue weighted by Crippen LogP contribution is 2.33. The Labute approximate surface area is 166 Å². The molecule has 0 aromatic heterocycles. The van der Waals surface area contributed by atoms with Crippen LogP contribution in [0.2, 0.25) is 5.02 Å². The fourth-order valence-electron chi connectivity index (χ4n) is 4.54. The SMILES string of the molecule is O=C(Nc1cccc(Cl)c1)C(C1CCCC1)N1CCN(C(=O)C2CC2)CC1. The molecule has 27 heavy (non-hydrogen) atoms. The van der Waals surface area contributed by atoms with Gasteiger partial charge in [0, 0.05) is 42.8 Å². The number of benzene rings is 1. The Morgan fingerprint density at radius 3 is 2.37 bits per heavy atom. The molecule has 1 aliphatic heterocycles. The van der Waals surface area contributed by atoms with Gasteiger partial charge in [-0.25, -0.2) is 0 Å². The van der Waals surface area contributed by atoms with E-state index in [9.17, 15) is 9.59 Å². The first kappa shape index (κ1) is 18.8. The number of carbonyl (C=O) groups is 2. The van der Waals surface area contributed by atoms with Crippen LogP contribution in [0, 0.1) is 11.8 Å². The molecule has 4 rings (SSSR count). The van der Waals surface area contributed by atoms with E-state index in [1.807, 2.05) is 23.1 Å². The average molecular weight is 390 g/mol. The molecule has 2 amide bonds. The van der Waals surface area contributed by atoms with Gasteiger partial charge in [0.15, 0.2) is 0 Å². The van der Waals surface area contributed by atoms with Crippen LogP contribution in [0.1, 0.15) is 38.5 Å². The Morgan fingerprint density at radius 1 is 1.04 bits per heavy atom. The van der Waals surface area contributed by atoms with Crippen molar-refractivity contribution in [1.29, 1.82) is 0 Å². The number of nitrogens with zero attached hydrogens (tertiary/aromatic N) is 2. The van der Waals surface area contributed by atoms with Crippen molar-refractivity contribution in [3.05, 3.63) is 29.3 Å². The third kappa shape index (κ3) is 4.46. The Hall–Kier alpha value is -1.59. The summed E-state index contributed by atoms with van der Waals surface area (Å²) >= 11 is 6.06. The Kier molecular flexibility index (Phi) is 5.69. The van der Waals surface area contributed by atoms with E-state index in [1.165, 1.54) is 12.8 Å². The van der Waals surface area contributed by atoms with Gasteiger partial charge in [-0.3, -0.25) is 14.5 Å². The van der Waals surface area contributed by atoms with Gasteiger partial charge in [0.2, 0.25) is 11.8 Å². The minimum absolute atomic E-state index is 0.0612. The smallest absolute Gasteiger partial charge is 0.242 e. The molecule has 1 heterocycles. The van der Waals surface area contributed by atoms with E-state index < -0.39 is 0 Å². The van der Waals surface area contributed by atoms with E-state index >= 15 is 0 Å². The predicted molar refractivity (Wildman–Crippen MR) is 107 cm³/mol. The van der Waals surface area contributed by atoms with E-state index in [0.717, 1.165) is 57.5 Å². The van der Waals surface area contributed by atoms with Gasteiger partial charge in [0.1, 0.15) is 0 Å². The van der Waals surface area contributed by atoms with Gasteiger partial charge in [-0.05, 0) is 49.8 Å². The number of amides is 2. The largest absolute Gasteiger partial charge is 0.340 e. The van der Waals surface area contributed by atoms with Crippen LogP contribution in [0.15, 0.2) is 24.3 Å². The summed E-state index contributed by atoms with van der Waals surface area (Å²) in [7, 11) is 0. The highest BCUT2D eigenvalue weighted by molar-refractivity contribution is 6.30. The van der Waals surface area contributed by atoms with E-state index in [2.05, 4.69) is 10.2 Å². The van der Waals surface area contributed by atoms with Crippen LogP contribution >= 0.6 is 11.6 Å². The zero-order valence-electron chi connectivity index (χ0n) is 15.7. The molecule has 3 aliphatic rings. The van der Waals surface area contributed by atoms with Crippen molar-refractivity contribution in [2.45, 2.75) is 44.6 Å². The van der Waals surface area contributed by atoms with Crippen molar-refractivity contribution in [3.8, 4) is 0 Å². The number of hydrogen-bond acceptors (Lipinski definition) is 3. The molecular weight excluding hydrogens is 362 g/mol. The lowest BCUT2D eigenvalue weighted by atomic mass is 9.94. The summed E-state index contributed by atoms with van der Waals surface area (Å²) in [6.07, 6.45) is 6.71. The lowest BCUT2D eigenvalue weighted by Crippen LogP contribution is -2.57. The van der Waals surface area contributed by atoms with Gasteiger partial charge >= 0.3 is 0 Å². The highest BCUT2D eigenvalue weighted by atomic mass is 35.5. The zero-order valence-corrected chi connectivity index (χ0v) is 16.5. The average Bonchev–Trinajstić information content (AvgIpc) is 3.38. The van der Waals surface area contributed by atoms with Crippen LogP contribution in [0.5, 0.6) is 0 Å². The molecule has 1 N–H and O–H groups in total. The highest BCUT2D eigenvalue weighted by Gasteiger charge is 2.39.